The zero-order valence-corrected chi connectivity index (χ0v) is 24.4. The van der Waals surface area contributed by atoms with Crippen LogP contribution in [0.15, 0.2) is 57.6 Å². The second-order valence-corrected chi connectivity index (χ2v) is 10.2. The van der Waals surface area contributed by atoms with Crippen molar-refractivity contribution in [3.63, 3.8) is 0 Å². The van der Waals surface area contributed by atoms with Crippen LogP contribution in [-0.4, -0.2) is 49.8 Å². The number of hydrogen-bond acceptors (Lipinski definition) is 8. The number of nitrogens with one attached hydrogen (secondary N) is 2. The average molecular weight is 621 g/mol. The summed E-state index contributed by atoms with van der Waals surface area (Å²) in [5.74, 6) is 0.419. The maximum absolute atomic E-state index is 13.3. The Bertz CT molecular complexity index is 1720. The van der Waals surface area contributed by atoms with Crippen molar-refractivity contribution in [3.8, 4) is 17.1 Å². The van der Waals surface area contributed by atoms with Gasteiger partial charge in [-0.2, -0.15) is 5.10 Å². The third-order valence-electron chi connectivity index (χ3n) is 6.44. The van der Waals surface area contributed by atoms with Crippen LogP contribution in [0, 0.1) is 6.92 Å². The quantitative estimate of drug-likeness (QED) is 0.177. The van der Waals surface area contributed by atoms with Crippen molar-refractivity contribution < 1.29 is 18.7 Å². The molecule has 3 aromatic heterocycles. The molecule has 0 aliphatic rings. The maximum atomic E-state index is 13.3. The van der Waals surface area contributed by atoms with Crippen molar-refractivity contribution in [1.82, 2.24) is 24.3 Å². The highest BCUT2D eigenvalue weighted by molar-refractivity contribution is 9.10. The normalized spacial score (nSPS) is 11.1. The third kappa shape index (κ3) is 5.94. The number of carbonyl (C=O) groups excluding carboxylic acids is 2. The molecule has 0 aliphatic carbocycles. The average Bonchev–Trinajstić information content (AvgIpc) is 3.67. The number of imidazole rings is 1. The molecule has 0 unspecified atom stereocenters. The molecule has 0 saturated heterocycles. The molecule has 0 spiro atoms. The monoisotopic (exact) mass is 620 g/mol. The van der Waals surface area contributed by atoms with Gasteiger partial charge in [0.2, 0.25) is 11.9 Å². The predicted octanol–water partition coefficient (Wildman–Crippen LogP) is 4.84. The van der Waals surface area contributed by atoms with Gasteiger partial charge in [-0.05, 0) is 50.6 Å². The largest absolute Gasteiger partial charge is 0.494 e. The van der Waals surface area contributed by atoms with E-state index in [9.17, 15) is 9.59 Å². The van der Waals surface area contributed by atoms with Crippen molar-refractivity contribution in [3.05, 3.63) is 70.1 Å². The summed E-state index contributed by atoms with van der Waals surface area (Å²) in [4.78, 5) is 34.1. The lowest BCUT2D eigenvalue weighted by molar-refractivity contribution is 0.0995. The Hall–Kier alpha value is -4.65. The summed E-state index contributed by atoms with van der Waals surface area (Å²) in [5, 5.41) is 10.5. The molecule has 0 aliphatic heterocycles. The van der Waals surface area contributed by atoms with Crippen molar-refractivity contribution in [1.29, 1.82) is 0 Å². The minimum absolute atomic E-state index is 0.253. The lowest BCUT2D eigenvalue weighted by atomic mass is 10.1. The van der Waals surface area contributed by atoms with Gasteiger partial charge < -0.3 is 24.8 Å². The minimum atomic E-state index is -0.606. The van der Waals surface area contributed by atoms with Gasteiger partial charge in [-0.25, -0.2) is 9.97 Å². The first kappa shape index (κ1) is 27.9. The third-order valence-corrected chi connectivity index (χ3v) is 6.97. The van der Waals surface area contributed by atoms with E-state index in [1.165, 1.54) is 7.11 Å². The number of rotatable bonds is 11. The zero-order chi connectivity index (χ0) is 29.1. The number of ether oxygens (including phenoxy) is 1. The number of methoxy groups -OCH3 is 1. The molecule has 0 fully saturated rings. The van der Waals surface area contributed by atoms with Gasteiger partial charge in [-0.3, -0.25) is 19.6 Å². The van der Waals surface area contributed by atoms with Gasteiger partial charge in [0.25, 0.3) is 11.9 Å². The number of aromatic nitrogens is 5. The van der Waals surface area contributed by atoms with Crippen LogP contribution in [0.25, 0.3) is 22.4 Å². The van der Waals surface area contributed by atoms with E-state index in [1.54, 1.807) is 29.1 Å². The fourth-order valence-corrected chi connectivity index (χ4v) is 4.78. The first-order chi connectivity index (χ1) is 19.8. The molecule has 3 heterocycles. The van der Waals surface area contributed by atoms with Crippen molar-refractivity contribution >= 4 is 50.7 Å². The van der Waals surface area contributed by atoms with Crippen molar-refractivity contribution in [2.24, 2.45) is 5.73 Å². The highest BCUT2D eigenvalue weighted by Gasteiger charge is 2.21. The van der Waals surface area contributed by atoms with Crippen LogP contribution in [-0.2, 0) is 13.1 Å². The molecule has 5 rings (SSSR count). The first-order valence-electron chi connectivity index (χ1n) is 13.0. The Labute approximate surface area is 244 Å². The summed E-state index contributed by atoms with van der Waals surface area (Å²) in [6.07, 6.45) is 2.30. The van der Waals surface area contributed by atoms with E-state index in [0.717, 1.165) is 15.7 Å². The molecular weight excluding hydrogens is 592 g/mol. The van der Waals surface area contributed by atoms with E-state index in [-0.39, 0.29) is 11.5 Å². The number of nitrogens with zero attached hydrogens (tertiary/aromatic N) is 5. The van der Waals surface area contributed by atoms with Crippen LogP contribution in [0.1, 0.15) is 39.9 Å². The first-order valence-corrected chi connectivity index (χ1v) is 13.8. The highest BCUT2D eigenvalue weighted by Crippen LogP contribution is 2.31. The molecule has 212 valence electrons. The van der Waals surface area contributed by atoms with E-state index in [1.807, 2.05) is 42.7 Å². The number of carbonyl (C=O) groups is 2. The van der Waals surface area contributed by atoms with E-state index >= 15 is 0 Å². The Balaban J connectivity index is 1.38. The summed E-state index contributed by atoms with van der Waals surface area (Å²) in [5.41, 5.74) is 8.95. The maximum Gasteiger partial charge on any atom is 0.295 e. The molecule has 0 saturated carbocycles. The zero-order valence-electron chi connectivity index (χ0n) is 22.8. The van der Waals surface area contributed by atoms with Crippen LogP contribution in [0.5, 0.6) is 5.75 Å². The van der Waals surface area contributed by atoms with Crippen molar-refractivity contribution in [2.75, 3.05) is 24.3 Å². The van der Waals surface area contributed by atoms with Gasteiger partial charge in [-0.15, -0.1) is 0 Å². The lowest BCUT2D eigenvalue weighted by Gasteiger charge is -2.13. The number of aryl methyl sites for hydroxylation is 3. The molecule has 4 N–H and O–H groups in total. The fraction of sp³-hybridized carbons (Fsp3) is 0.250. The summed E-state index contributed by atoms with van der Waals surface area (Å²) in [6.45, 7) is 5.27. The minimum Gasteiger partial charge on any atom is -0.494 e. The molecule has 0 atom stereocenters. The molecule has 0 radical (unpaired) electrons. The van der Waals surface area contributed by atoms with Crippen LogP contribution < -0.4 is 21.1 Å². The van der Waals surface area contributed by atoms with Gasteiger partial charge >= 0.3 is 0 Å². The predicted molar refractivity (Wildman–Crippen MR) is 158 cm³/mol. The van der Waals surface area contributed by atoms with Crippen LogP contribution in [0.4, 0.5) is 12.0 Å². The van der Waals surface area contributed by atoms with E-state index in [0.29, 0.717) is 66.3 Å². The van der Waals surface area contributed by atoms with E-state index in [4.69, 9.17) is 14.9 Å². The number of oxazole rings is 1. The van der Waals surface area contributed by atoms with Gasteiger partial charge in [-0.1, -0.05) is 28.1 Å². The number of primary amides is 1. The fourth-order valence-electron chi connectivity index (χ4n) is 4.51. The number of amides is 2. The molecular formula is C28H29BrN8O4. The van der Waals surface area contributed by atoms with Crippen LogP contribution in [0.2, 0.25) is 0 Å². The topological polar surface area (TPSA) is 155 Å². The lowest BCUT2D eigenvalue weighted by Crippen LogP contribution is -2.20. The smallest absolute Gasteiger partial charge is 0.295 e. The van der Waals surface area contributed by atoms with Crippen molar-refractivity contribution in [2.45, 2.75) is 33.4 Å². The Kier molecular flexibility index (Phi) is 8.06. The highest BCUT2D eigenvalue weighted by atomic mass is 79.9. The molecule has 41 heavy (non-hydrogen) atoms. The van der Waals surface area contributed by atoms with Gasteiger partial charge in [0.1, 0.15) is 17.0 Å². The Morgan fingerprint density at radius 1 is 1.17 bits per heavy atom. The van der Waals surface area contributed by atoms with Crippen LogP contribution in [0.3, 0.4) is 0 Å². The number of fused-ring (bicyclic) bond motifs is 1. The summed E-state index contributed by atoms with van der Waals surface area (Å²) >= 11 is 3.43. The van der Waals surface area contributed by atoms with Gasteiger partial charge in [0.05, 0.1) is 24.5 Å². The standard InChI is InChI=1S/C28H29BrN8O4/c1-4-37-21(12-16(2)35-37)26(39)34-27-33-20-13-18(25(30)38)14-22(40-3)24(20)36(27)11-5-10-31-28-32-15-23(41-28)17-6-8-19(29)9-7-17/h6-9,12-15H,4-5,10-11H2,1-3H3,(H2,30,38)(H,31,32)(H,33,34,39). The summed E-state index contributed by atoms with van der Waals surface area (Å²) in [7, 11) is 1.50. The Morgan fingerprint density at radius 3 is 2.66 bits per heavy atom. The number of hydrogen-bond donors (Lipinski definition) is 3. The van der Waals surface area contributed by atoms with Crippen LogP contribution >= 0.6 is 15.9 Å². The number of anilines is 2. The van der Waals surface area contributed by atoms with Gasteiger partial charge in [0.15, 0.2) is 5.76 Å². The molecule has 13 heteroatoms. The number of halogens is 1. The molecule has 2 aromatic carbocycles. The molecule has 5 aromatic rings. The molecule has 12 nitrogen and oxygen atoms in total. The van der Waals surface area contributed by atoms with E-state index < -0.39 is 5.91 Å². The summed E-state index contributed by atoms with van der Waals surface area (Å²) in [6, 6.07) is 13.0. The second kappa shape index (κ2) is 11.8. The molecule has 2 amide bonds. The van der Waals surface area contributed by atoms with Gasteiger partial charge in [0, 0.05) is 35.2 Å². The summed E-state index contributed by atoms with van der Waals surface area (Å²) < 4.78 is 15.9. The number of benzene rings is 2. The molecule has 0 bridgehead atoms. The Morgan fingerprint density at radius 2 is 1.95 bits per heavy atom. The SMILES string of the molecule is CCn1nc(C)cc1C(=O)Nc1nc2cc(C(N)=O)cc(OC)c2n1CCCNc1ncc(-c2ccc(Br)cc2)o1. The van der Waals surface area contributed by atoms with E-state index in [2.05, 4.69) is 41.6 Å². The number of nitrogens with two attached hydrogens (primary N) is 1. The second-order valence-electron chi connectivity index (χ2n) is 9.26.